The largest absolute Gasteiger partial charge is 0.497 e. The molecule has 5 heteroatoms. The van der Waals surface area contributed by atoms with E-state index in [0.717, 1.165) is 24.5 Å². The Morgan fingerprint density at radius 1 is 1.32 bits per heavy atom. The molecular weight excluding hydrogens is 282 g/mol. The first-order chi connectivity index (χ1) is 10.6. The highest BCUT2D eigenvalue weighted by Gasteiger charge is 2.25. The number of nitrogens with zero attached hydrogens (tertiary/aromatic N) is 1. The van der Waals surface area contributed by atoms with Gasteiger partial charge in [0, 0.05) is 19.1 Å². The maximum atomic E-state index is 10.1. The standard InChI is InChI=1S/C17H27NO4/c1-13-10-22-14(2)8-18(13)9-16(19)12-21-11-15-4-6-17(20-3)7-5-15/h4-7,13-14,16,19H,8-12H2,1-3H3/t13-,14+,16-/m1/s1. The molecule has 3 atom stereocenters. The van der Waals surface area contributed by atoms with Crippen LogP contribution in [-0.2, 0) is 16.1 Å². The molecule has 1 fully saturated rings. The maximum absolute atomic E-state index is 10.1. The summed E-state index contributed by atoms with van der Waals surface area (Å²) in [6.45, 7) is 7.22. The number of aliphatic hydroxyl groups excluding tert-OH is 1. The van der Waals surface area contributed by atoms with E-state index in [1.54, 1.807) is 7.11 Å². The second-order valence-corrected chi connectivity index (χ2v) is 5.96. The van der Waals surface area contributed by atoms with Crippen LogP contribution in [0.25, 0.3) is 0 Å². The Hall–Kier alpha value is -1.14. The fourth-order valence-corrected chi connectivity index (χ4v) is 2.58. The summed E-state index contributed by atoms with van der Waals surface area (Å²) >= 11 is 0. The zero-order valence-corrected chi connectivity index (χ0v) is 13.7. The van der Waals surface area contributed by atoms with Crippen molar-refractivity contribution in [2.75, 3.05) is 33.4 Å². The average Bonchev–Trinajstić information content (AvgIpc) is 2.51. The van der Waals surface area contributed by atoms with Crippen LogP contribution in [-0.4, -0.2) is 61.7 Å². The molecular formula is C17H27NO4. The van der Waals surface area contributed by atoms with Gasteiger partial charge < -0.3 is 19.3 Å². The van der Waals surface area contributed by atoms with Gasteiger partial charge in [-0.15, -0.1) is 0 Å². The molecule has 1 aromatic rings. The van der Waals surface area contributed by atoms with Gasteiger partial charge in [0.2, 0.25) is 0 Å². The van der Waals surface area contributed by atoms with Crippen molar-refractivity contribution in [1.29, 1.82) is 0 Å². The fourth-order valence-electron chi connectivity index (χ4n) is 2.58. The summed E-state index contributed by atoms with van der Waals surface area (Å²) in [5, 5.41) is 10.1. The zero-order chi connectivity index (χ0) is 15.9. The van der Waals surface area contributed by atoms with Crippen LogP contribution in [0.15, 0.2) is 24.3 Å². The second kappa shape index (κ2) is 8.48. The first kappa shape index (κ1) is 17.2. The van der Waals surface area contributed by atoms with Crippen LogP contribution in [0.1, 0.15) is 19.4 Å². The lowest BCUT2D eigenvalue weighted by atomic mass is 10.2. The Labute approximate surface area is 132 Å². The third-order valence-electron chi connectivity index (χ3n) is 3.92. The van der Waals surface area contributed by atoms with E-state index in [9.17, 15) is 5.11 Å². The van der Waals surface area contributed by atoms with Crippen LogP contribution in [0.4, 0.5) is 0 Å². The number of aliphatic hydroxyl groups is 1. The molecule has 0 aromatic heterocycles. The molecule has 0 radical (unpaired) electrons. The van der Waals surface area contributed by atoms with Crippen molar-refractivity contribution in [3.05, 3.63) is 29.8 Å². The average molecular weight is 309 g/mol. The lowest BCUT2D eigenvalue weighted by molar-refractivity contribution is -0.0712. The highest BCUT2D eigenvalue weighted by molar-refractivity contribution is 5.26. The van der Waals surface area contributed by atoms with E-state index in [0.29, 0.717) is 25.8 Å². The first-order valence-corrected chi connectivity index (χ1v) is 7.83. The maximum Gasteiger partial charge on any atom is 0.118 e. The minimum Gasteiger partial charge on any atom is -0.497 e. The van der Waals surface area contributed by atoms with E-state index in [2.05, 4.69) is 18.7 Å². The number of rotatable bonds is 7. The van der Waals surface area contributed by atoms with E-state index >= 15 is 0 Å². The summed E-state index contributed by atoms with van der Waals surface area (Å²) in [5.41, 5.74) is 1.07. The Kier molecular flexibility index (Phi) is 6.64. The quantitative estimate of drug-likeness (QED) is 0.830. The van der Waals surface area contributed by atoms with Crippen molar-refractivity contribution in [2.45, 2.75) is 38.7 Å². The van der Waals surface area contributed by atoms with Crippen LogP contribution in [0.5, 0.6) is 5.75 Å². The summed E-state index contributed by atoms with van der Waals surface area (Å²) in [6, 6.07) is 8.10. The summed E-state index contributed by atoms with van der Waals surface area (Å²) < 4.78 is 16.3. The van der Waals surface area contributed by atoms with Gasteiger partial charge in [0.15, 0.2) is 0 Å². The molecule has 5 nitrogen and oxygen atoms in total. The Bertz CT molecular complexity index is 437. The molecule has 0 aliphatic carbocycles. The van der Waals surface area contributed by atoms with Gasteiger partial charge in [-0.3, -0.25) is 4.90 Å². The molecule has 2 rings (SSSR count). The molecule has 0 saturated carbocycles. The van der Waals surface area contributed by atoms with Crippen molar-refractivity contribution in [1.82, 2.24) is 4.90 Å². The molecule has 124 valence electrons. The zero-order valence-electron chi connectivity index (χ0n) is 13.7. The number of hydrogen-bond donors (Lipinski definition) is 1. The van der Waals surface area contributed by atoms with E-state index in [4.69, 9.17) is 14.2 Å². The SMILES string of the molecule is COc1ccc(COC[C@H](O)CN2C[C@H](C)OC[C@H]2C)cc1. The molecule has 0 bridgehead atoms. The smallest absolute Gasteiger partial charge is 0.118 e. The van der Waals surface area contributed by atoms with Gasteiger partial charge in [0.25, 0.3) is 0 Å². The number of ether oxygens (including phenoxy) is 3. The molecule has 1 N–H and O–H groups in total. The van der Waals surface area contributed by atoms with Crippen molar-refractivity contribution >= 4 is 0 Å². The molecule has 1 aromatic carbocycles. The Balaban J connectivity index is 1.69. The van der Waals surface area contributed by atoms with Crippen LogP contribution in [0.2, 0.25) is 0 Å². The molecule has 0 amide bonds. The van der Waals surface area contributed by atoms with Crippen LogP contribution >= 0.6 is 0 Å². The lowest BCUT2D eigenvalue weighted by Crippen LogP contribution is -2.50. The van der Waals surface area contributed by atoms with Crippen LogP contribution in [0.3, 0.4) is 0 Å². The van der Waals surface area contributed by atoms with Gasteiger partial charge in [-0.25, -0.2) is 0 Å². The van der Waals surface area contributed by atoms with Crippen molar-refractivity contribution < 1.29 is 19.3 Å². The van der Waals surface area contributed by atoms with Gasteiger partial charge in [-0.05, 0) is 31.5 Å². The monoisotopic (exact) mass is 309 g/mol. The number of methoxy groups -OCH3 is 1. The van der Waals surface area contributed by atoms with Crippen molar-refractivity contribution in [3.8, 4) is 5.75 Å². The predicted octanol–water partition coefficient (Wildman–Crippen LogP) is 1.68. The van der Waals surface area contributed by atoms with Crippen LogP contribution in [0, 0.1) is 0 Å². The fraction of sp³-hybridized carbons (Fsp3) is 0.647. The number of morpholine rings is 1. The molecule has 1 heterocycles. The highest BCUT2D eigenvalue weighted by Crippen LogP contribution is 2.13. The summed E-state index contributed by atoms with van der Waals surface area (Å²) in [7, 11) is 1.65. The molecule has 22 heavy (non-hydrogen) atoms. The Morgan fingerprint density at radius 2 is 2.05 bits per heavy atom. The highest BCUT2D eigenvalue weighted by atomic mass is 16.5. The van der Waals surface area contributed by atoms with Gasteiger partial charge in [0.05, 0.1) is 39.1 Å². The topological polar surface area (TPSA) is 51.2 Å². The summed E-state index contributed by atoms with van der Waals surface area (Å²) in [6.07, 6.45) is -0.255. The number of β-amino-alcohol motifs (C(OH)–C–C–N with tert-alkyl or cyclic N) is 1. The molecule has 1 aliphatic heterocycles. The number of benzene rings is 1. The normalized spacial score (nSPS) is 24.2. The van der Waals surface area contributed by atoms with E-state index in [1.807, 2.05) is 24.3 Å². The molecule has 0 unspecified atom stereocenters. The third-order valence-corrected chi connectivity index (χ3v) is 3.92. The molecule has 1 aliphatic rings. The lowest BCUT2D eigenvalue weighted by Gasteiger charge is -2.37. The van der Waals surface area contributed by atoms with E-state index in [-0.39, 0.29) is 6.10 Å². The van der Waals surface area contributed by atoms with Crippen molar-refractivity contribution in [3.63, 3.8) is 0 Å². The van der Waals surface area contributed by atoms with Crippen LogP contribution < -0.4 is 4.74 Å². The number of hydrogen-bond acceptors (Lipinski definition) is 5. The predicted molar refractivity (Wildman–Crippen MR) is 85.1 cm³/mol. The van der Waals surface area contributed by atoms with Crippen molar-refractivity contribution in [2.24, 2.45) is 0 Å². The summed E-state index contributed by atoms with van der Waals surface area (Å²) in [4.78, 5) is 2.26. The van der Waals surface area contributed by atoms with Gasteiger partial charge in [-0.2, -0.15) is 0 Å². The van der Waals surface area contributed by atoms with Gasteiger partial charge >= 0.3 is 0 Å². The first-order valence-electron chi connectivity index (χ1n) is 7.83. The Morgan fingerprint density at radius 3 is 2.73 bits per heavy atom. The summed E-state index contributed by atoms with van der Waals surface area (Å²) in [5.74, 6) is 0.833. The minimum absolute atomic E-state index is 0.226. The molecule has 0 spiro atoms. The minimum atomic E-state index is -0.481. The van der Waals surface area contributed by atoms with Gasteiger partial charge in [-0.1, -0.05) is 12.1 Å². The second-order valence-electron chi connectivity index (χ2n) is 5.96. The van der Waals surface area contributed by atoms with E-state index < -0.39 is 6.10 Å². The molecule has 1 saturated heterocycles. The van der Waals surface area contributed by atoms with E-state index in [1.165, 1.54) is 0 Å². The third kappa shape index (κ3) is 5.25. The van der Waals surface area contributed by atoms with Gasteiger partial charge in [0.1, 0.15) is 5.75 Å².